The molecule has 2 atom stereocenters. The van der Waals surface area contributed by atoms with Crippen LogP contribution in [0.15, 0.2) is 24.3 Å². The highest BCUT2D eigenvalue weighted by Gasteiger charge is 2.18. The third-order valence-corrected chi connectivity index (χ3v) is 2.49. The average molecular weight is 239 g/mol. The fourth-order valence-corrected chi connectivity index (χ4v) is 1.39. The minimum Gasteiger partial charge on any atom is -0.481 e. The largest absolute Gasteiger partial charge is 0.481 e. The van der Waals surface area contributed by atoms with Gasteiger partial charge in [-0.05, 0) is 24.1 Å². The van der Waals surface area contributed by atoms with E-state index in [-0.39, 0.29) is 12.1 Å². The maximum Gasteiger partial charge on any atom is 0.306 e. The first-order valence-electron chi connectivity index (χ1n) is 5.07. The van der Waals surface area contributed by atoms with Crippen molar-refractivity contribution in [1.82, 2.24) is 0 Å². The maximum absolute atomic E-state index is 10.6. The van der Waals surface area contributed by atoms with Crippen molar-refractivity contribution >= 4 is 11.7 Å². The van der Waals surface area contributed by atoms with Gasteiger partial charge in [-0.25, -0.2) is 0 Å². The van der Waals surface area contributed by atoms with E-state index in [1.54, 1.807) is 0 Å². The van der Waals surface area contributed by atoms with Crippen LogP contribution in [0.3, 0.4) is 0 Å². The first-order chi connectivity index (χ1) is 7.91. The number of benzene rings is 1. The van der Waals surface area contributed by atoms with E-state index in [0.717, 1.165) is 0 Å². The fraction of sp³-hybridized carbons (Fsp3) is 0.364. The summed E-state index contributed by atoms with van der Waals surface area (Å²) in [5.74, 6) is -1.65. The number of hydrogen-bond acceptors (Lipinski definition) is 4. The normalized spacial score (nSPS) is 14.0. The Kier molecular flexibility index (Phi) is 4.17. The molecule has 2 N–H and O–H groups in total. The molecule has 0 aliphatic rings. The Bertz CT molecular complexity index is 414. The van der Waals surface area contributed by atoms with Gasteiger partial charge in [0, 0.05) is 12.1 Å². The van der Waals surface area contributed by atoms with Gasteiger partial charge in [0.25, 0.3) is 5.69 Å². The molecule has 0 bridgehead atoms. The summed E-state index contributed by atoms with van der Waals surface area (Å²) in [5.41, 5.74) is 0.413. The van der Waals surface area contributed by atoms with Crippen molar-refractivity contribution in [1.29, 1.82) is 0 Å². The van der Waals surface area contributed by atoms with Gasteiger partial charge in [-0.2, -0.15) is 0 Å². The Balaban J connectivity index is 2.73. The molecule has 0 saturated heterocycles. The molecule has 0 saturated carbocycles. The van der Waals surface area contributed by atoms with Crippen molar-refractivity contribution < 1.29 is 19.9 Å². The van der Waals surface area contributed by atoms with E-state index >= 15 is 0 Å². The number of nitrogens with zero attached hydrogens (tertiary/aromatic N) is 1. The molecule has 0 heterocycles. The van der Waals surface area contributed by atoms with E-state index in [0.29, 0.717) is 5.56 Å². The molecule has 6 nitrogen and oxygen atoms in total. The zero-order valence-electron chi connectivity index (χ0n) is 9.24. The van der Waals surface area contributed by atoms with Crippen LogP contribution in [0.4, 0.5) is 5.69 Å². The van der Waals surface area contributed by atoms with Crippen LogP contribution in [0.25, 0.3) is 0 Å². The van der Waals surface area contributed by atoms with Crippen molar-refractivity contribution in [2.75, 3.05) is 0 Å². The van der Waals surface area contributed by atoms with E-state index in [1.807, 2.05) is 0 Å². The Labute approximate surface area is 97.7 Å². The first kappa shape index (κ1) is 13.1. The second-order valence-corrected chi connectivity index (χ2v) is 3.84. The highest BCUT2D eigenvalue weighted by molar-refractivity contribution is 5.69. The second-order valence-electron chi connectivity index (χ2n) is 3.84. The number of hydrogen-bond donors (Lipinski definition) is 2. The third kappa shape index (κ3) is 3.53. The molecule has 0 aliphatic carbocycles. The Hall–Kier alpha value is -1.95. The molecule has 17 heavy (non-hydrogen) atoms. The van der Waals surface area contributed by atoms with Gasteiger partial charge < -0.3 is 10.2 Å². The quantitative estimate of drug-likeness (QED) is 0.602. The molecule has 0 radical (unpaired) electrons. The topological polar surface area (TPSA) is 101 Å². The molecular weight excluding hydrogens is 226 g/mol. The summed E-state index contributed by atoms with van der Waals surface area (Å²) in [6.45, 7) is 1.50. The van der Waals surface area contributed by atoms with Crippen LogP contribution in [0.1, 0.15) is 25.0 Å². The van der Waals surface area contributed by atoms with Crippen molar-refractivity contribution in [3.63, 3.8) is 0 Å². The smallest absolute Gasteiger partial charge is 0.306 e. The molecule has 1 rings (SSSR count). The molecule has 0 amide bonds. The van der Waals surface area contributed by atoms with Crippen molar-refractivity contribution in [3.05, 3.63) is 39.9 Å². The van der Waals surface area contributed by atoms with E-state index < -0.39 is 22.9 Å². The maximum atomic E-state index is 10.6. The molecule has 0 spiro atoms. The number of carboxylic acids is 1. The molecule has 6 heteroatoms. The van der Waals surface area contributed by atoms with E-state index in [9.17, 15) is 20.0 Å². The number of nitro benzene ring substituents is 1. The summed E-state index contributed by atoms with van der Waals surface area (Å²) in [5, 5.41) is 28.8. The Morgan fingerprint density at radius 2 is 1.94 bits per heavy atom. The molecular formula is C11H13NO5. The van der Waals surface area contributed by atoms with Gasteiger partial charge in [0.15, 0.2) is 0 Å². The highest BCUT2D eigenvalue weighted by Crippen LogP contribution is 2.23. The van der Waals surface area contributed by atoms with E-state index in [2.05, 4.69) is 0 Å². The number of rotatable bonds is 5. The van der Waals surface area contributed by atoms with Gasteiger partial charge in [0.2, 0.25) is 0 Å². The second kappa shape index (κ2) is 5.40. The summed E-state index contributed by atoms with van der Waals surface area (Å²) in [4.78, 5) is 20.5. The summed E-state index contributed by atoms with van der Waals surface area (Å²) < 4.78 is 0. The van der Waals surface area contributed by atoms with Crippen molar-refractivity contribution in [3.8, 4) is 0 Å². The highest BCUT2D eigenvalue weighted by atomic mass is 16.6. The Morgan fingerprint density at radius 3 is 2.35 bits per heavy atom. The lowest BCUT2D eigenvalue weighted by Crippen LogP contribution is -2.13. The average Bonchev–Trinajstić information content (AvgIpc) is 2.28. The zero-order chi connectivity index (χ0) is 13.0. The van der Waals surface area contributed by atoms with Gasteiger partial charge in [-0.1, -0.05) is 6.92 Å². The van der Waals surface area contributed by atoms with Crippen LogP contribution in [0, 0.1) is 16.0 Å². The minimum absolute atomic E-state index is 0.0627. The number of carboxylic acid groups (broad SMARTS) is 1. The van der Waals surface area contributed by atoms with E-state index in [1.165, 1.54) is 31.2 Å². The molecule has 0 aliphatic heterocycles. The standard InChI is InChI=1S/C11H13NO5/c1-7(11(14)15)6-10(13)8-2-4-9(5-3-8)12(16)17/h2-5,7,10,13H,6H2,1H3,(H,14,15). The Morgan fingerprint density at radius 1 is 1.41 bits per heavy atom. The molecule has 0 fully saturated rings. The fourth-order valence-electron chi connectivity index (χ4n) is 1.39. The number of aliphatic carboxylic acids is 1. The van der Waals surface area contributed by atoms with Crippen LogP contribution in [-0.4, -0.2) is 21.1 Å². The summed E-state index contributed by atoms with van der Waals surface area (Å²) in [6.07, 6.45) is -0.852. The van der Waals surface area contributed by atoms with Crippen LogP contribution in [0.5, 0.6) is 0 Å². The molecule has 1 aromatic carbocycles. The molecule has 0 aromatic heterocycles. The number of nitro groups is 1. The van der Waals surface area contributed by atoms with Crippen molar-refractivity contribution in [2.24, 2.45) is 5.92 Å². The van der Waals surface area contributed by atoms with Crippen molar-refractivity contribution in [2.45, 2.75) is 19.4 Å². The van der Waals surface area contributed by atoms with Gasteiger partial charge >= 0.3 is 5.97 Å². The monoisotopic (exact) mass is 239 g/mol. The minimum atomic E-state index is -0.981. The lowest BCUT2D eigenvalue weighted by molar-refractivity contribution is -0.384. The van der Waals surface area contributed by atoms with Gasteiger partial charge in [0.05, 0.1) is 16.9 Å². The van der Waals surface area contributed by atoms with Gasteiger partial charge in [0.1, 0.15) is 0 Å². The number of aliphatic hydroxyl groups excluding tert-OH is 1. The zero-order valence-corrected chi connectivity index (χ0v) is 9.24. The SMILES string of the molecule is CC(CC(O)c1ccc([N+](=O)[O-])cc1)C(=O)O. The predicted octanol–water partition coefficient (Wildman–Crippen LogP) is 1.74. The molecule has 92 valence electrons. The number of non-ortho nitro benzene ring substituents is 1. The lowest BCUT2D eigenvalue weighted by Gasteiger charge is -2.13. The number of carbonyl (C=O) groups is 1. The van der Waals surface area contributed by atoms with Crippen LogP contribution < -0.4 is 0 Å². The van der Waals surface area contributed by atoms with E-state index in [4.69, 9.17) is 5.11 Å². The van der Waals surface area contributed by atoms with Crippen LogP contribution in [0.2, 0.25) is 0 Å². The van der Waals surface area contributed by atoms with Crippen LogP contribution in [-0.2, 0) is 4.79 Å². The summed E-state index contributed by atoms with van der Waals surface area (Å²) >= 11 is 0. The van der Waals surface area contributed by atoms with Crippen LogP contribution >= 0.6 is 0 Å². The predicted molar refractivity (Wildman–Crippen MR) is 59.5 cm³/mol. The summed E-state index contributed by atoms with van der Waals surface area (Å²) in [7, 11) is 0. The third-order valence-electron chi connectivity index (χ3n) is 2.49. The first-order valence-corrected chi connectivity index (χ1v) is 5.07. The summed E-state index contributed by atoms with van der Waals surface area (Å²) in [6, 6.07) is 5.42. The molecule has 2 unspecified atom stereocenters. The lowest BCUT2D eigenvalue weighted by atomic mass is 9.98. The van der Waals surface area contributed by atoms with Gasteiger partial charge in [-0.15, -0.1) is 0 Å². The van der Waals surface area contributed by atoms with Gasteiger partial charge in [-0.3, -0.25) is 14.9 Å². The number of aliphatic hydroxyl groups is 1. The molecule has 1 aromatic rings.